The number of carbonyl (C=O) groups is 1. The Morgan fingerprint density at radius 3 is 2.81 bits per heavy atom. The third kappa shape index (κ3) is 2.72. The summed E-state index contributed by atoms with van der Waals surface area (Å²) in [6.07, 6.45) is -5.12. The predicted octanol–water partition coefficient (Wildman–Crippen LogP) is -0.373. The lowest BCUT2D eigenvalue weighted by Crippen LogP contribution is -2.51. The standard InChI is InChI=1S/C11H14F3N5O2/c12-11(13,14)10-17-16-8-6-18(2-3-19(8)10)9(20)7-5-15-1-4-21-7/h7,15H,1-6H2. The number of rotatable bonds is 1. The molecular formula is C11H14F3N5O2. The number of alkyl halides is 3. The van der Waals surface area contributed by atoms with Crippen LogP contribution >= 0.6 is 0 Å². The Balaban J connectivity index is 1.73. The Morgan fingerprint density at radius 1 is 1.33 bits per heavy atom. The van der Waals surface area contributed by atoms with Gasteiger partial charge in [0.2, 0.25) is 5.82 Å². The maximum atomic E-state index is 12.7. The highest BCUT2D eigenvalue weighted by atomic mass is 19.4. The first kappa shape index (κ1) is 14.3. The number of carbonyl (C=O) groups excluding carboxylic acids is 1. The van der Waals surface area contributed by atoms with Gasteiger partial charge in [0.15, 0.2) is 5.82 Å². The summed E-state index contributed by atoms with van der Waals surface area (Å²) >= 11 is 0. The van der Waals surface area contributed by atoms with Crippen LogP contribution in [0.5, 0.6) is 0 Å². The number of fused-ring (bicyclic) bond motifs is 1. The second-order valence-corrected chi connectivity index (χ2v) is 4.91. The summed E-state index contributed by atoms with van der Waals surface area (Å²) in [5, 5.41) is 9.77. The van der Waals surface area contributed by atoms with Crippen molar-refractivity contribution in [3.8, 4) is 0 Å². The van der Waals surface area contributed by atoms with Crippen molar-refractivity contribution in [2.45, 2.75) is 25.4 Å². The molecule has 0 radical (unpaired) electrons. The van der Waals surface area contributed by atoms with E-state index < -0.39 is 18.1 Å². The molecule has 1 fully saturated rings. The molecule has 0 saturated carbocycles. The van der Waals surface area contributed by atoms with Crippen LogP contribution in [0, 0.1) is 0 Å². The summed E-state index contributed by atoms with van der Waals surface area (Å²) < 4.78 is 44.6. The molecule has 1 amide bonds. The van der Waals surface area contributed by atoms with Crippen LogP contribution in [0.2, 0.25) is 0 Å². The van der Waals surface area contributed by atoms with Gasteiger partial charge in [-0.2, -0.15) is 13.2 Å². The van der Waals surface area contributed by atoms with Crippen molar-refractivity contribution in [1.29, 1.82) is 0 Å². The van der Waals surface area contributed by atoms with Crippen LogP contribution in [0.4, 0.5) is 13.2 Å². The van der Waals surface area contributed by atoms with Gasteiger partial charge < -0.3 is 19.5 Å². The van der Waals surface area contributed by atoms with E-state index in [4.69, 9.17) is 4.74 Å². The molecule has 10 heteroatoms. The molecule has 1 aromatic rings. The molecule has 0 aliphatic carbocycles. The zero-order valence-electron chi connectivity index (χ0n) is 11.1. The Kier molecular flexibility index (Phi) is 3.57. The van der Waals surface area contributed by atoms with Gasteiger partial charge in [-0.25, -0.2) is 0 Å². The smallest absolute Gasteiger partial charge is 0.366 e. The van der Waals surface area contributed by atoms with Crippen LogP contribution in [0.25, 0.3) is 0 Å². The van der Waals surface area contributed by atoms with E-state index in [1.165, 1.54) is 4.90 Å². The summed E-state index contributed by atoms with van der Waals surface area (Å²) in [6, 6.07) is 0. The molecule has 2 aliphatic rings. The number of amides is 1. The van der Waals surface area contributed by atoms with E-state index in [9.17, 15) is 18.0 Å². The van der Waals surface area contributed by atoms with Gasteiger partial charge in [0.1, 0.15) is 6.10 Å². The number of hydrogen-bond acceptors (Lipinski definition) is 5. The molecule has 1 N–H and O–H groups in total. The van der Waals surface area contributed by atoms with Crippen LogP contribution in [0.15, 0.2) is 0 Å². The van der Waals surface area contributed by atoms with Gasteiger partial charge in [-0.3, -0.25) is 4.79 Å². The highest BCUT2D eigenvalue weighted by molar-refractivity contribution is 5.81. The van der Waals surface area contributed by atoms with Gasteiger partial charge in [-0.05, 0) is 0 Å². The molecule has 3 rings (SSSR count). The molecule has 1 saturated heterocycles. The Hall–Kier alpha value is -1.68. The molecule has 1 atom stereocenters. The summed E-state index contributed by atoms with van der Waals surface area (Å²) in [7, 11) is 0. The van der Waals surface area contributed by atoms with Gasteiger partial charge in [0, 0.05) is 26.2 Å². The summed E-state index contributed by atoms with van der Waals surface area (Å²) in [5.41, 5.74) is 0. The van der Waals surface area contributed by atoms with Crippen molar-refractivity contribution in [1.82, 2.24) is 25.0 Å². The largest absolute Gasteiger partial charge is 0.451 e. The lowest BCUT2D eigenvalue weighted by atomic mass is 10.2. The quantitative estimate of drug-likeness (QED) is 0.766. The minimum absolute atomic E-state index is 0.0156. The lowest BCUT2D eigenvalue weighted by Gasteiger charge is -2.32. The number of nitrogens with one attached hydrogen (secondary N) is 1. The monoisotopic (exact) mass is 305 g/mol. The number of ether oxygens (including phenoxy) is 1. The molecular weight excluding hydrogens is 291 g/mol. The molecule has 7 nitrogen and oxygen atoms in total. The van der Waals surface area contributed by atoms with Crippen molar-refractivity contribution in [3.63, 3.8) is 0 Å². The van der Waals surface area contributed by atoms with Gasteiger partial charge >= 0.3 is 6.18 Å². The van der Waals surface area contributed by atoms with Crippen LogP contribution in [-0.4, -0.2) is 57.9 Å². The summed E-state index contributed by atoms with van der Waals surface area (Å²) in [6.45, 7) is 1.78. The van der Waals surface area contributed by atoms with E-state index in [1.807, 2.05) is 0 Å². The van der Waals surface area contributed by atoms with Crippen molar-refractivity contribution < 1.29 is 22.7 Å². The van der Waals surface area contributed by atoms with Crippen LogP contribution < -0.4 is 5.32 Å². The van der Waals surface area contributed by atoms with Gasteiger partial charge in [0.25, 0.3) is 5.91 Å². The summed E-state index contributed by atoms with van der Waals surface area (Å²) in [4.78, 5) is 13.7. The van der Waals surface area contributed by atoms with Gasteiger partial charge in [-0.1, -0.05) is 0 Å². The van der Waals surface area contributed by atoms with E-state index in [2.05, 4.69) is 15.5 Å². The average molecular weight is 305 g/mol. The zero-order chi connectivity index (χ0) is 15.0. The SMILES string of the molecule is O=C(C1CNCCO1)N1CCn2c(nnc2C(F)(F)F)C1. The van der Waals surface area contributed by atoms with Crippen molar-refractivity contribution in [3.05, 3.63) is 11.6 Å². The molecule has 0 spiro atoms. The third-order valence-electron chi connectivity index (χ3n) is 3.52. The normalized spacial score (nSPS) is 23.0. The molecule has 1 aromatic heterocycles. The zero-order valence-corrected chi connectivity index (χ0v) is 11.1. The van der Waals surface area contributed by atoms with Crippen molar-refractivity contribution >= 4 is 5.91 Å². The first-order valence-corrected chi connectivity index (χ1v) is 6.57. The third-order valence-corrected chi connectivity index (χ3v) is 3.52. The molecule has 116 valence electrons. The van der Waals surface area contributed by atoms with E-state index in [1.54, 1.807) is 0 Å². The van der Waals surface area contributed by atoms with Crippen LogP contribution in [-0.2, 0) is 28.8 Å². The van der Waals surface area contributed by atoms with Gasteiger partial charge in [0.05, 0.1) is 13.2 Å². The van der Waals surface area contributed by atoms with Crippen LogP contribution in [0.3, 0.4) is 0 Å². The van der Waals surface area contributed by atoms with E-state index in [0.717, 1.165) is 4.57 Å². The maximum Gasteiger partial charge on any atom is 0.451 e. The van der Waals surface area contributed by atoms with Crippen molar-refractivity contribution in [2.75, 3.05) is 26.2 Å². The Morgan fingerprint density at radius 2 is 2.14 bits per heavy atom. The molecule has 2 aliphatic heterocycles. The molecule has 1 unspecified atom stereocenters. The fourth-order valence-electron chi connectivity index (χ4n) is 2.48. The number of morpholine rings is 1. The van der Waals surface area contributed by atoms with Gasteiger partial charge in [-0.15, -0.1) is 10.2 Å². The topological polar surface area (TPSA) is 72.3 Å². The minimum atomic E-state index is -4.53. The highest BCUT2D eigenvalue weighted by Gasteiger charge is 2.40. The first-order valence-electron chi connectivity index (χ1n) is 6.57. The molecule has 21 heavy (non-hydrogen) atoms. The number of halogens is 3. The average Bonchev–Trinajstić information content (AvgIpc) is 2.90. The first-order chi connectivity index (χ1) is 9.97. The number of hydrogen-bond donors (Lipinski definition) is 1. The second kappa shape index (κ2) is 5.26. The number of aromatic nitrogens is 3. The Bertz CT molecular complexity index is 538. The highest BCUT2D eigenvalue weighted by Crippen LogP contribution is 2.29. The van der Waals surface area contributed by atoms with E-state index in [-0.39, 0.29) is 31.4 Å². The Labute approximate surface area is 118 Å². The van der Waals surface area contributed by atoms with E-state index in [0.29, 0.717) is 19.7 Å². The van der Waals surface area contributed by atoms with E-state index >= 15 is 0 Å². The predicted molar refractivity (Wildman–Crippen MR) is 63.1 cm³/mol. The molecule has 3 heterocycles. The van der Waals surface area contributed by atoms with Crippen molar-refractivity contribution in [2.24, 2.45) is 0 Å². The summed E-state index contributed by atoms with van der Waals surface area (Å²) in [5.74, 6) is -1.10. The maximum absolute atomic E-state index is 12.7. The molecule has 0 aromatic carbocycles. The lowest BCUT2D eigenvalue weighted by molar-refractivity contribution is -0.150. The molecule has 0 bridgehead atoms. The fourth-order valence-corrected chi connectivity index (χ4v) is 2.48. The fraction of sp³-hybridized carbons (Fsp3) is 0.727. The number of nitrogens with zero attached hydrogens (tertiary/aromatic N) is 4. The van der Waals surface area contributed by atoms with Crippen LogP contribution in [0.1, 0.15) is 11.6 Å². The minimum Gasteiger partial charge on any atom is -0.366 e. The second-order valence-electron chi connectivity index (χ2n) is 4.91.